The summed E-state index contributed by atoms with van der Waals surface area (Å²) in [5.74, 6) is -0.426. The number of benzene rings is 2. The zero-order chi connectivity index (χ0) is 35.1. The largest absolute Gasteiger partial charge is 0.399 e. The minimum absolute atomic E-state index is 0.0175. The Hall–Kier alpha value is -2.76. The van der Waals surface area contributed by atoms with Crippen LogP contribution in [0.4, 0.5) is 4.79 Å². The van der Waals surface area contributed by atoms with Gasteiger partial charge in [-0.3, -0.25) is 9.59 Å². The lowest BCUT2D eigenvalue weighted by Crippen LogP contribution is -2.57. The minimum atomic E-state index is -0.255. The third-order valence-electron chi connectivity index (χ3n) is 9.67. The zero-order valence-corrected chi connectivity index (χ0v) is 31.1. The quantitative estimate of drug-likeness (QED) is 0.177. The van der Waals surface area contributed by atoms with E-state index in [0.29, 0.717) is 44.3 Å². The number of piperidine rings is 1. The van der Waals surface area contributed by atoms with Crippen molar-refractivity contribution in [1.82, 2.24) is 24.5 Å². The summed E-state index contributed by atoms with van der Waals surface area (Å²) in [6.45, 7) is 5.72. The molecule has 3 aliphatic rings. The van der Waals surface area contributed by atoms with Gasteiger partial charge in [0.25, 0.3) is 5.91 Å². The van der Waals surface area contributed by atoms with Gasteiger partial charge in [-0.15, -0.1) is 0 Å². The third kappa shape index (κ3) is 9.73. The SMILES string of the molecule is CO/N=C(\CN(C)C(=O)c1cc(Cl)cc(Cl)c1)[C@H](CCN1CCC(N2CCCN(CC(=O)N3CCCC3)C2=O)CC1)c1ccc(Cl)c(Cl)c1. The van der Waals surface area contributed by atoms with Gasteiger partial charge in [0, 0.05) is 73.9 Å². The highest BCUT2D eigenvalue weighted by Gasteiger charge is 2.35. The fourth-order valence-corrected chi connectivity index (χ4v) is 7.91. The standard InChI is InChI=1S/C35H44Cl4N6O4/c1-41(34(47)25-18-26(36)21-27(37)19-25)22-32(40-49-2)29(24-6-7-30(38)31(39)20-24)10-17-42-15-8-28(9-16-42)45-14-5-13-44(35(45)48)23-33(46)43-11-3-4-12-43/h6-7,18-21,28-29H,3-5,8-17,22-23H2,1-2H3/b40-32+/t29-/m1/s1. The summed E-state index contributed by atoms with van der Waals surface area (Å²) in [6, 6.07) is 10.4. The predicted octanol–water partition coefficient (Wildman–Crippen LogP) is 6.76. The van der Waals surface area contributed by atoms with Crippen molar-refractivity contribution >= 4 is 70.0 Å². The first-order chi connectivity index (χ1) is 23.5. The van der Waals surface area contributed by atoms with E-state index in [1.807, 2.05) is 21.9 Å². The van der Waals surface area contributed by atoms with E-state index < -0.39 is 0 Å². The van der Waals surface area contributed by atoms with E-state index in [-0.39, 0.29) is 42.9 Å². The summed E-state index contributed by atoms with van der Waals surface area (Å²) < 4.78 is 0. The molecule has 1 atom stereocenters. The molecule has 10 nitrogen and oxygen atoms in total. The molecule has 14 heteroatoms. The Bertz CT molecular complexity index is 1510. The van der Waals surface area contributed by atoms with Crippen LogP contribution in [0.2, 0.25) is 20.1 Å². The van der Waals surface area contributed by atoms with Crippen molar-refractivity contribution in [3.63, 3.8) is 0 Å². The van der Waals surface area contributed by atoms with Crippen LogP contribution in [0.15, 0.2) is 41.6 Å². The number of hydrogen-bond acceptors (Lipinski definition) is 6. The van der Waals surface area contributed by atoms with Gasteiger partial charge in [0.05, 0.1) is 22.3 Å². The van der Waals surface area contributed by atoms with Crippen LogP contribution in [0.1, 0.15) is 60.4 Å². The lowest BCUT2D eigenvalue weighted by Gasteiger charge is -2.43. The molecule has 0 spiro atoms. The minimum Gasteiger partial charge on any atom is -0.399 e. The molecule has 2 aromatic rings. The van der Waals surface area contributed by atoms with Gasteiger partial charge in [0.1, 0.15) is 13.7 Å². The molecule has 0 aromatic heterocycles. The molecular formula is C35H44Cl4N6O4. The summed E-state index contributed by atoms with van der Waals surface area (Å²) >= 11 is 25.1. The highest BCUT2D eigenvalue weighted by Crippen LogP contribution is 2.31. The zero-order valence-electron chi connectivity index (χ0n) is 28.1. The van der Waals surface area contributed by atoms with E-state index in [1.54, 1.807) is 41.1 Å². The molecule has 2 aromatic carbocycles. The monoisotopic (exact) mass is 752 g/mol. The molecule has 3 heterocycles. The van der Waals surface area contributed by atoms with Crippen molar-refractivity contribution in [3.8, 4) is 0 Å². The van der Waals surface area contributed by atoms with Gasteiger partial charge < -0.3 is 29.3 Å². The van der Waals surface area contributed by atoms with Crippen LogP contribution in [0.5, 0.6) is 0 Å². The summed E-state index contributed by atoms with van der Waals surface area (Å²) in [6.07, 6.45) is 5.34. The highest BCUT2D eigenvalue weighted by atomic mass is 35.5. The van der Waals surface area contributed by atoms with Crippen molar-refractivity contribution in [2.75, 3.05) is 73.1 Å². The Labute approximate surface area is 308 Å². The van der Waals surface area contributed by atoms with Crippen molar-refractivity contribution in [3.05, 3.63) is 67.6 Å². The van der Waals surface area contributed by atoms with Crippen LogP contribution in [-0.2, 0) is 9.63 Å². The van der Waals surface area contributed by atoms with Gasteiger partial charge >= 0.3 is 6.03 Å². The smallest absolute Gasteiger partial charge is 0.320 e. The number of amides is 4. The van der Waals surface area contributed by atoms with Gasteiger partial charge in [-0.2, -0.15) is 0 Å². The summed E-state index contributed by atoms with van der Waals surface area (Å²) in [7, 11) is 3.19. The second-order valence-corrected chi connectivity index (χ2v) is 14.7. The summed E-state index contributed by atoms with van der Waals surface area (Å²) in [5.41, 5.74) is 1.94. The third-order valence-corrected chi connectivity index (χ3v) is 10.8. The molecule has 0 saturated carbocycles. The maximum Gasteiger partial charge on any atom is 0.320 e. The Balaban J connectivity index is 1.22. The number of oxime groups is 1. The number of halogens is 4. The van der Waals surface area contributed by atoms with E-state index in [1.165, 1.54) is 7.11 Å². The molecule has 3 aliphatic heterocycles. The number of urea groups is 1. The van der Waals surface area contributed by atoms with Crippen LogP contribution < -0.4 is 0 Å². The number of carbonyl (C=O) groups is 3. The van der Waals surface area contributed by atoms with Gasteiger partial charge in [-0.05, 0) is 81.0 Å². The second-order valence-electron chi connectivity index (χ2n) is 13.0. The molecule has 0 radical (unpaired) electrons. The van der Waals surface area contributed by atoms with E-state index in [9.17, 15) is 14.4 Å². The lowest BCUT2D eigenvalue weighted by molar-refractivity contribution is -0.131. The Morgan fingerprint density at radius 1 is 0.918 bits per heavy atom. The maximum absolute atomic E-state index is 13.5. The van der Waals surface area contributed by atoms with Gasteiger partial charge in [-0.1, -0.05) is 57.6 Å². The van der Waals surface area contributed by atoms with Gasteiger partial charge in [-0.25, -0.2) is 4.79 Å². The van der Waals surface area contributed by atoms with Gasteiger partial charge in [0.2, 0.25) is 5.91 Å². The van der Waals surface area contributed by atoms with Crippen molar-refractivity contribution in [2.24, 2.45) is 5.16 Å². The maximum atomic E-state index is 13.5. The number of hydrogen-bond donors (Lipinski definition) is 0. The summed E-state index contributed by atoms with van der Waals surface area (Å²) in [5, 5.41) is 6.04. The average molecular weight is 755 g/mol. The molecule has 3 saturated heterocycles. The first-order valence-electron chi connectivity index (χ1n) is 16.9. The Morgan fingerprint density at radius 3 is 2.27 bits per heavy atom. The second kappa shape index (κ2) is 17.4. The van der Waals surface area contributed by atoms with Crippen LogP contribution in [-0.4, -0.2) is 127 Å². The molecule has 0 bridgehead atoms. The Morgan fingerprint density at radius 2 is 1.61 bits per heavy atom. The topological polar surface area (TPSA) is 89.0 Å². The first kappa shape index (κ1) is 37.5. The van der Waals surface area contributed by atoms with E-state index >= 15 is 0 Å². The van der Waals surface area contributed by atoms with Crippen molar-refractivity contribution in [2.45, 2.75) is 50.5 Å². The van der Waals surface area contributed by atoms with Crippen LogP contribution in [0.25, 0.3) is 0 Å². The number of rotatable bonds is 12. The molecule has 3 fully saturated rings. The average Bonchev–Trinajstić information content (AvgIpc) is 3.63. The predicted molar refractivity (Wildman–Crippen MR) is 195 cm³/mol. The molecule has 266 valence electrons. The lowest BCUT2D eigenvalue weighted by atomic mass is 9.89. The molecule has 0 unspecified atom stereocenters. The normalized spacial score (nSPS) is 18.6. The summed E-state index contributed by atoms with van der Waals surface area (Å²) in [4.78, 5) is 54.5. The Kier molecular flexibility index (Phi) is 13.3. The number of carbonyl (C=O) groups excluding carboxylic acids is 3. The molecule has 0 aliphatic carbocycles. The van der Waals surface area contributed by atoms with Crippen molar-refractivity contribution < 1.29 is 19.2 Å². The highest BCUT2D eigenvalue weighted by molar-refractivity contribution is 6.42. The van der Waals surface area contributed by atoms with E-state index in [2.05, 4.69) is 10.1 Å². The first-order valence-corrected chi connectivity index (χ1v) is 18.4. The van der Waals surface area contributed by atoms with Crippen LogP contribution in [0, 0.1) is 0 Å². The molecule has 4 amide bonds. The van der Waals surface area contributed by atoms with Crippen LogP contribution in [0.3, 0.4) is 0 Å². The van der Waals surface area contributed by atoms with Crippen molar-refractivity contribution in [1.29, 1.82) is 0 Å². The fraction of sp³-hybridized carbons (Fsp3) is 0.543. The van der Waals surface area contributed by atoms with E-state index in [4.69, 9.17) is 51.2 Å². The molecule has 0 N–H and O–H groups in total. The fourth-order valence-electron chi connectivity index (χ4n) is 7.07. The molecule has 5 rings (SSSR count). The van der Waals surface area contributed by atoms with Crippen LogP contribution >= 0.6 is 46.4 Å². The van der Waals surface area contributed by atoms with E-state index in [0.717, 1.165) is 76.9 Å². The number of likely N-dealkylation sites (tertiary alicyclic amines) is 2. The number of nitrogens with zero attached hydrogens (tertiary/aromatic N) is 6. The van der Waals surface area contributed by atoms with Gasteiger partial charge in [0.15, 0.2) is 0 Å². The molecule has 49 heavy (non-hydrogen) atoms. The molecular weight excluding hydrogens is 710 g/mol.